The second-order valence-electron chi connectivity index (χ2n) is 3.60. The first-order chi connectivity index (χ1) is 7.51. The fraction of sp³-hybridized carbons (Fsp3) is 0.800. The molecule has 0 rings (SSSR count). The number of methoxy groups -OCH3 is 1. The molecule has 4 N–H and O–H groups in total. The van der Waals surface area contributed by atoms with E-state index < -0.39 is 12.0 Å². The second kappa shape index (κ2) is 8.06. The van der Waals surface area contributed by atoms with Crippen LogP contribution in [0.25, 0.3) is 0 Å². The van der Waals surface area contributed by atoms with Crippen LogP contribution < -0.4 is 11.1 Å². The van der Waals surface area contributed by atoms with Crippen molar-refractivity contribution in [2.75, 3.05) is 13.7 Å². The molecule has 0 saturated heterocycles. The standard InChI is InChI=1S/C10H20N2O4/c1-3-7(6-9(13)14)12-10(15)8(11)4-5-16-2/h7-8H,3-6,11H2,1-2H3,(H,12,15)(H,13,14). The van der Waals surface area contributed by atoms with Gasteiger partial charge < -0.3 is 20.9 Å². The van der Waals surface area contributed by atoms with Crippen molar-refractivity contribution < 1.29 is 19.4 Å². The number of carboxylic acids is 1. The van der Waals surface area contributed by atoms with Gasteiger partial charge in [-0.05, 0) is 12.8 Å². The number of carbonyl (C=O) groups is 2. The first-order valence-corrected chi connectivity index (χ1v) is 5.27. The third-order valence-electron chi connectivity index (χ3n) is 2.23. The lowest BCUT2D eigenvalue weighted by molar-refractivity contribution is -0.137. The number of carbonyl (C=O) groups excluding carboxylic acids is 1. The van der Waals surface area contributed by atoms with Gasteiger partial charge in [-0.25, -0.2) is 0 Å². The van der Waals surface area contributed by atoms with Crippen molar-refractivity contribution >= 4 is 11.9 Å². The van der Waals surface area contributed by atoms with Crippen molar-refractivity contribution in [1.82, 2.24) is 5.32 Å². The van der Waals surface area contributed by atoms with Crippen LogP contribution >= 0.6 is 0 Å². The van der Waals surface area contributed by atoms with E-state index in [1.165, 1.54) is 7.11 Å². The van der Waals surface area contributed by atoms with E-state index in [4.69, 9.17) is 15.6 Å². The number of ether oxygens (including phenoxy) is 1. The molecule has 0 aromatic carbocycles. The van der Waals surface area contributed by atoms with Crippen LogP contribution in [0.2, 0.25) is 0 Å². The molecular weight excluding hydrogens is 212 g/mol. The van der Waals surface area contributed by atoms with Crippen LogP contribution in [-0.2, 0) is 14.3 Å². The number of nitrogens with one attached hydrogen (secondary N) is 1. The summed E-state index contributed by atoms with van der Waals surface area (Å²) in [6.07, 6.45) is 0.903. The van der Waals surface area contributed by atoms with E-state index in [1.54, 1.807) is 0 Å². The van der Waals surface area contributed by atoms with Crippen molar-refractivity contribution in [3.63, 3.8) is 0 Å². The first kappa shape index (κ1) is 14.9. The minimum Gasteiger partial charge on any atom is -0.481 e. The summed E-state index contributed by atoms with van der Waals surface area (Å²) in [7, 11) is 1.53. The fourth-order valence-electron chi connectivity index (χ4n) is 1.19. The Labute approximate surface area is 95.1 Å². The minimum atomic E-state index is -0.933. The van der Waals surface area contributed by atoms with Crippen molar-refractivity contribution in [2.45, 2.75) is 38.3 Å². The summed E-state index contributed by atoms with van der Waals surface area (Å²) in [4.78, 5) is 22.0. The average Bonchev–Trinajstić information content (AvgIpc) is 2.23. The van der Waals surface area contributed by atoms with Crippen molar-refractivity contribution in [1.29, 1.82) is 0 Å². The normalized spacial score (nSPS) is 14.2. The number of hydrogen-bond acceptors (Lipinski definition) is 4. The maximum Gasteiger partial charge on any atom is 0.305 e. The Kier molecular flexibility index (Phi) is 7.49. The van der Waals surface area contributed by atoms with Gasteiger partial charge in [-0.3, -0.25) is 9.59 Å². The molecular formula is C10H20N2O4. The average molecular weight is 232 g/mol. The van der Waals surface area contributed by atoms with Crippen LogP contribution in [-0.4, -0.2) is 42.8 Å². The number of rotatable bonds is 8. The van der Waals surface area contributed by atoms with Crippen molar-refractivity contribution in [3.05, 3.63) is 0 Å². The molecule has 0 spiro atoms. The van der Waals surface area contributed by atoms with Crippen molar-refractivity contribution in [2.24, 2.45) is 5.73 Å². The molecule has 6 nitrogen and oxygen atoms in total. The van der Waals surface area contributed by atoms with E-state index in [9.17, 15) is 9.59 Å². The van der Waals surface area contributed by atoms with E-state index >= 15 is 0 Å². The highest BCUT2D eigenvalue weighted by atomic mass is 16.5. The molecule has 0 aliphatic rings. The number of carboxylic acid groups (broad SMARTS) is 1. The predicted octanol–water partition coefficient (Wildman–Crippen LogP) is -0.280. The monoisotopic (exact) mass is 232 g/mol. The highest BCUT2D eigenvalue weighted by molar-refractivity contribution is 5.82. The van der Waals surface area contributed by atoms with Gasteiger partial charge in [-0.2, -0.15) is 0 Å². The zero-order valence-corrected chi connectivity index (χ0v) is 9.73. The Bertz CT molecular complexity index is 233. The first-order valence-electron chi connectivity index (χ1n) is 5.27. The van der Waals surface area contributed by atoms with Gasteiger partial charge in [0.15, 0.2) is 0 Å². The minimum absolute atomic E-state index is 0.0841. The summed E-state index contributed by atoms with van der Waals surface area (Å²) in [5.41, 5.74) is 5.60. The summed E-state index contributed by atoms with van der Waals surface area (Å²) in [5.74, 6) is -1.26. The Hall–Kier alpha value is -1.14. The smallest absolute Gasteiger partial charge is 0.305 e. The van der Waals surface area contributed by atoms with Gasteiger partial charge in [0, 0.05) is 19.8 Å². The molecule has 16 heavy (non-hydrogen) atoms. The molecule has 0 saturated carbocycles. The molecule has 0 aromatic heterocycles. The summed E-state index contributed by atoms with van der Waals surface area (Å²) < 4.78 is 4.80. The van der Waals surface area contributed by atoms with Crippen molar-refractivity contribution in [3.8, 4) is 0 Å². The molecule has 0 aliphatic heterocycles. The van der Waals surface area contributed by atoms with Crippen LogP contribution in [0.15, 0.2) is 0 Å². The summed E-state index contributed by atoms with van der Waals surface area (Å²) >= 11 is 0. The molecule has 1 amide bonds. The zero-order chi connectivity index (χ0) is 12.6. The summed E-state index contributed by atoms with van der Waals surface area (Å²) in [6, 6.07) is -1.01. The summed E-state index contributed by atoms with van der Waals surface area (Å²) in [6.45, 7) is 2.22. The molecule has 0 bridgehead atoms. The quantitative estimate of drug-likeness (QED) is 0.534. The number of nitrogens with two attached hydrogens (primary N) is 1. The molecule has 6 heteroatoms. The number of hydrogen-bond donors (Lipinski definition) is 3. The SMILES string of the molecule is CCC(CC(=O)O)NC(=O)C(N)CCOC. The molecule has 0 heterocycles. The Balaban J connectivity index is 4.03. The third kappa shape index (κ3) is 6.36. The highest BCUT2D eigenvalue weighted by Gasteiger charge is 2.18. The molecule has 94 valence electrons. The molecule has 2 unspecified atom stereocenters. The van der Waals surface area contributed by atoms with Crippen LogP contribution in [0.4, 0.5) is 0 Å². The number of amides is 1. The van der Waals surface area contributed by atoms with Gasteiger partial charge in [0.05, 0.1) is 12.5 Å². The van der Waals surface area contributed by atoms with Crippen LogP contribution in [0, 0.1) is 0 Å². The van der Waals surface area contributed by atoms with Gasteiger partial charge >= 0.3 is 5.97 Å². The second-order valence-corrected chi connectivity index (χ2v) is 3.60. The maximum absolute atomic E-state index is 11.5. The molecule has 0 aliphatic carbocycles. The van der Waals surface area contributed by atoms with Gasteiger partial charge in [-0.15, -0.1) is 0 Å². The topological polar surface area (TPSA) is 102 Å². The number of aliphatic carboxylic acids is 1. The molecule has 0 aromatic rings. The van der Waals surface area contributed by atoms with E-state index in [0.29, 0.717) is 19.4 Å². The van der Waals surface area contributed by atoms with Gasteiger partial charge in [-0.1, -0.05) is 6.92 Å². The third-order valence-corrected chi connectivity index (χ3v) is 2.23. The summed E-state index contributed by atoms with van der Waals surface area (Å²) in [5, 5.41) is 11.2. The zero-order valence-electron chi connectivity index (χ0n) is 9.73. The van der Waals surface area contributed by atoms with E-state index in [2.05, 4.69) is 5.32 Å². The predicted molar refractivity (Wildman–Crippen MR) is 58.9 cm³/mol. The lowest BCUT2D eigenvalue weighted by Crippen LogP contribution is -2.46. The van der Waals surface area contributed by atoms with E-state index in [1.807, 2.05) is 6.92 Å². The lowest BCUT2D eigenvalue weighted by atomic mass is 10.1. The Morgan fingerprint density at radius 1 is 1.50 bits per heavy atom. The fourth-order valence-corrected chi connectivity index (χ4v) is 1.19. The van der Waals surface area contributed by atoms with Gasteiger partial charge in [0.1, 0.15) is 0 Å². The highest BCUT2D eigenvalue weighted by Crippen LogP contribution is 1.99. The van der Waals surface area contributed by atoms with Crippen LogP contribution in [0.5, 0.6) is 0 Å². The van der Waals surface area contributed by atoms with Gasteiger partial charge in [0.2, 0.25) is 5.91 Å². The Morgan fingerprint density at radius 3 is 2.56 bits per heavy atom. The molecule has 2 atom stereocenters. The van der Waals surface area contributed by atoms with E-state index in [0.717, 1.165) is 0 Å². The van der Waals surface area contributed by atoms with E-state index in [-0.39, 0.29) is 18.4 Å². The molecule has 0 radical (unpaired) electrons. The maximum atomic E-state index is 11.5. The van der Waals surface area contributed by atoms with Crippen LogP contribution in [0.1, 0.15) is 26.2 Å². The lowest BCUT2D eigenvalue weighted by Gasteiger charge is -2.18. The largest absolute Gasteiger partial charge is 0.481 e. The van der Waals surface area contributed by atoms with Crippen LogP contribution in [0.3, 0.4) is 0 Å². The van der Waals surface area contributed by atoms with Gasteiger partial charge in [0.25, 0.3) is 0 Å². The Morgan fingerprint density at radius 2 is 2.12 bits per heavy atom. The molecule has 0 fully saturated rings.